The molecule has 3 nitrogen and oxygen atoms in total. The molecule has 2 heterocycles. The van der Waals surface area contributed by atoms with Crippen molar-refractivity contribution >= 4 is 5.91 Å². The molecule has 0 radical (unpaired) electrons. The van der Waals surface area contributed by atoms with Gasteiger partial charge in [0.25, 0.3) is 5.91 Å². The summed E-state index contributed by atoms with van der Waals surface area (Å²) in [7, 11) is 0. The van der Waals surface area contributed by atoms with Gasteiger partial charge in [-0.25, -0.2) is 8.78 Å². The van der Waals surface area contributed by atoms with E-state index in [1.807, 2.05) is 11.0 Å². The molecule has 1 amide bonds. The fraction of sp³-hybridized carbons (Fsp3) is 0.296. The summed E-state index contributed by atoms with van der Waals surface area (Å²) >= 11 is 0. The Balaban J connectivity index is 1.37. The summed E-state index contributed by atoms with van der Waals surface area (Å²) < 4.78 is 27.3. The largest absolute Gasteiger partial charge is 0.338 e. The normalized spacial score (nSPS) is 20.9. The van der Waals surface area contributed by atoms with E-state index in [1.54, 1.807) is 12.1 Å². The zero-order valence-electron chi connectivity index (χ0n) is 17.9. The zero-order chi connectivity index (χ0) is 22.1. The van der Waals surface area contributed by atoms with Crippen molar-refractivity contribution in [3.05, 3.63) is 107 Å². The lowest BCUT2D eigenvalue weighted by molar-refractivity contribution is 0.0782. The molecule has 3 aromatic rings. The molecule has 164 valence electrons. The smallest absolute Gasteiger partial charge is 0.253 e. The molecule has 32 heavy (non-hydrogen) atoms. The Labute approximate surface area is 187 Å². The van der Waals surface area contributed by atoms with Crippen LogP contribution in [0.4, 0.5) is 8.78 Å². The first-order chi connectivity index (χ1) is 15.6. The van der Waals surface area contributed by atoms with E-state index in [-0.39, 0.29) is 29.4 Å². The van der Waals surface area contributed by atoms with E-state index in [9.17, 15) is 13.6 Å². The molecular formula is C27H26F2N2O. The van der Waals surface area contributed by atoms with Gasteiger partial charge in [0.05, 0.1) is 0 Å². The van der Waals surface area contributed by atoms with Gasteiger partial charge in [-0.15, -0.1) is 0 Å². The van der Waals surface area contributed by atoms with Crippen molar-refractivity contribution in [1.29, 1.82) is 0 Å². The number of hydrogen-bond acceptors (Lipinski definition) is 2. The van der Waals surface area contributed by atoms with Gasteiger partial charge in [-0.05, 0) is 65.4 Å². The van der Waals surface area contributed by atoms with Crippen molar-refractivity contribution in [3.63, 3.8) is 0 Å². The number of rotatable bonds is 4. The topological polar surface area (TPSA) is 23.6 Å². The minimum atomic E-state index is -0.358. The molecule has 1 fully saturated rings. The fourth-order valence-corrected chi connectivity index (χ4v) is 5.15. The Bertz CT molecular complexity index is 1110. The van der Waals surface area contributed by atoms with Gasteiger partial charge in [-0.3, -0.25) is 9.69 Å². The molecule has 0 spiro atoms. The van der Waals surface area contributed by atoms with Crippen LogP contribution in [0.15, 0.2) is 72.8 Å². The van der Waals surface area contributed by atoms with Gasteiger partial charge in [-0.1, -0.05) is 36.4 Å². The highest BCUT2D eigenvalue weighted by Crippen LogP contribution is 2.35. The summed E-state index contributed by atoms with van der Waals surface area (Å²) in [5.41, 5.74) is 4.18. The van der Waals surface area contributed by atoms with Crippen LogP contribution in [-0.4, -0.2) is 41.9 Å². The van der Waals surface area contributed by atoms with Gasteiger partial charge < -0.3 is 4.90 Å². The lowest BCUT2D eigenvalue weighted by Crippen LogP contribution is -2.37. The van der Waals surface area contributed by atoms with E-state index in [0.29, 0.717) is 18.7 Å². The van der Waals surface area contributed by atoms with E-state index in [0.717, 1.165) is 31.6 Å². The van der Waals surface area contributed by atoms with Crippen LogP contribution in [0.3, 0.4) is 0 Å². The molecule has 3 aromatic carbocycles. The first kappa shape index (κ1) is 20.8. The maximum atomic E-state index is 14.0. The molecule has 0 aromatic heterocycles. The quantitative estimate of drug-likeness (QED) is 0.587. The monoisotopic (exact) mass is 432 g/mol. The third-order valence-electron chi connectivity index (χ3n) is 6.80. The summed E-state index contributed by atoms with van der Waals surface area (Å²) in [6.07, 6.45) is 1.02. The van der Waals surface area contributed by atoms with E-state index >= 15 is 0 Å². The van der Waals surface area contributed by atoms with Crippen molar-refractivity contribution in [2.75, 3.05) is 26.2 Å². The van der Waals surface area contributed by atoms with Crippen LogP contribution in [0.2, 0.25) is 0 Å². The predicted octanol–water partition coefficient (Wildman–Crippen LogP) is 4.88. The molecule has 0 aliphatic carbocycles. The average molecular weight is 433 g/mol. The first-order valence-electron chi connectivity index (χ1n) is 11.2. The molecule has 2 aliphatic rings. The Hall–Kier alpha value is -3.05. The van der Waals surface area contributed by atoms with Crippen molar-refractivity contribution in [2.24, 2.45) is 5.92 Å². The summed E-state index contributed by atoms with van der Waals surface area (Å²) in [6.45, 7) is 3.87. The minimum absolute atomic E-state index is 0.0623. The van der Waals surface area contributed by atoms with E-state index < -0.39 is 0 Å². The third kappa shape index (κ3) is 4.30. The summed E-state index contributed by atoms with van der Waals surface area (Å²) in [4.78, 5) is 17.4. The van der Waals surface area contributed by atoms with Crippen molar-refractivity contribution < 1.29 is 13.6 Å². The van der Waals surface area contributed by atoms with Crippen molar-refractivity contribution in [2.45, 2.75) is 18.9 Å². The summed E-state index contributed by atoms with van der Waals surface area (Å²) in [5.74, 6) is -0.447. The second kappa shape index (κ2) is 8.83. The van der Waals surface area contributed by atoms with Crippen LogP contribution in [0, 0.1) is 17.6 Å². The Morgan fingerprint density at radius 2 is 1.66 bits per heavy atom. The molecule has 1 saturated heterocycles. The second-order valence-electron chi connectivity index (χ2n) is 8.89. The lowest BCUT2D eigenvalue weighted by atomic mass is 9.88. The number of halogens is 2. The number of nitrogens with zero attached hydrogens (tertiary/aromatic N) is 2. The van der Waals surface area contributed by atoms with Gasteiger partial charge in [-0.2, -0.15) is 0 Å². The summed E-state index contributed by atoms with van der Waals surface area (Å²) in [5, 5.41) is 0. The van der Waals surface area contributed by atoms with Crippen LogP contribution in [0.1, 0.15) is 33.0 Å². The number of amides is 1. The molecule has 2 atom stereocenters. The van der Waals surface area contributed by atoms with Crippen LogP contribution in [0.5, 0.6) is 0 Å². The minimum Gasteiger partial charge on any atom is -0.338 e. The molecule has 2 aliphatic heterocycles. The van der Waals surface area contributed by atoms with Crippen molar-refractivity contribution in [1.82, 2.24) is 9.80 Å². The number of hydrogen-bond donors (Lipinski definition) is 0. The summed E-state index contributed by atoms with van der Waals surface area (Å²) in [6, 6.07) is 21.0. The highest BCUT2D eigenvalue weighted by atomic mass is 19.1. The van der Waals surface area contributed by atoms with E-state index in [1.165, 1.54) is 41.5 Å². The fourth-order valence-electron chi connectivity index (χ4n) is 5.15. The zero-order valence-corrected chi connectivity index (χ0v) is 17.9. The molecule has 5 rings (SSSR count). The van der Waals surface area contributed by atoms with E-state index in [2.05, 4.69) is 29.2 Å². The van der Waals surface area contributed by atoms with Crippen LogP contribution in [0.25, 0.3) is 0 Å². The standard InChI is InChI=1S/C27H26F2N2O/c28-24-10-8-20(9-11-24)27(32)31-17-23(26(18-31)21-6-3-7-25(29)14-21)16-30-13-12-19-4-1-2-5-22(19)15-30/h1-11,14,23,26H,12-13,15-18H2/t23-,26+/m1/s1. The molecule has 0 unspecified atom stereocenters. The van der Waals surface area contributed by atoms with Gasteiger partial charge in [0, 0.05) is 44.2 Å². The van der Waals surface area contributed by atoms with Crippen molar-refractivity contribution in [3.8, 4) is 0 Å². The number of benzene rings is 3. The predicted molar refractivity (Wildman–Crippen MR) is 120 cm³/mol. The number of fused-ring (bicyclic) bond motifs is 1. The maximum absolute atomic E-state index is 14.0. The Morgan fingerprint density at radius 3 is 2.44 bits per heavy atom. The maximum Gasteiger partial charge on any atom is 0.253 e. The molecule has 5 heteroatoms. The molecule has 0 N–H and O–H groups in total. The van der Waals surface area contributed by atoms with Gasteiger partial charge in [0.2, 0.25) is 0 Å². The van der Waals surface area contributed by atoms with E-state index in [4.69, 9.17) is 0 Å². The lowest BCUT2D eigenvalue weighted by Gasteiger charge is -2.32. The van der Waals surface area contributed by atoms with Crippen LogP contribution in [-0.2, 0) is 13.0 Å². The number of carbonyl (C=O) groups excluding carboxylic acids is 1. The van der Waals surface area contributed by atoms with Gasteiger partial charge in [0.1, 0.15) is 11.6 Å². The average Bonchev–Trinajstić information content (AvgIpc) is 3.23. The molecule has 0 saturated carbocycles. The van der Waals surface area contributed by atoms with Gasteiger partial charge in [0.15, 0.2) is 0 Å². The number of carbonyl (C=O) groups is 1. The first-order valence-corrected chi connectivity index (χ1v) is 11.2. The number of likely N-dealkylation sites (tertiary alicyclic amines) is 1. The molecule has 0 bridgehead atoms. The third-order valence-corrected chi connectivity index (χ3v) is 6.80. The SMILES string of the molecule is O=C(c1ccc(F)cc1)N1C[C@@H](CN2CCc3ccccc3C2)[C@H](c2cccc(F)c2)C1. The van der Waals surface area contributed by atoms with Crippen LogP contribution < -0.4 is 0 Å². The molecular weight excluding hydrogens is 406 g/mol. The van der Waals surface area contributed by atoms with Gasteiger partial charge >= 0.3 is 0 Å². The second-order valence-corrected chi connectivity index (χ2v) is 8.89. The highest BCUT2D eigenvalue weighted by molar-refractivity contribution is 5.94. The Morgan fingerprint density at radius 1 is 0.875 bits per heavy atom. The highest BCUT2D eigenvalue weighted by Gasteiger charge is 2.37. The van der Waals surface area contributed by atoms with Crippen LogP contribution >= 0.6 is 0 Å². The Kier molecular flexibility index (Phi) is 5.75.